The van der Waals surface area contributed by atoms with E-state index in [0.717, 1.165) is 10.8 Å². The fraction of sp³-hybridized carbons (Fsp3) is 0. The Kier molecular flexibility index (Phi) is 2.79. The molecule has 112 valence electrons. The van der Waals surface area contributed by atoms with Gasteiger partial charge in [-0.05, 0) is 41.0 Å². The van der Waals surface area contributed by atoms with Crippen LogP contribution in [0.2, 0.25) is 0 Å². The molecule has 0 amide bonds. The van der Waals surface area contributed by atoms with Crippen molar-refractivity contribution >= 4 is 40.0 Å². The maximum Gasteiger partial charge on any atom is 0.278 e. The van der Waals surface area contributed by atoms with E-state index in [4.69, 9.17) is 12.2 Å². The maximum atomic E-state index is 12.0. The van der Waals surface area contributed by atoms with Crippen molar-refractivity contribution in [1.82, 2.24) is 15.0 Å². The molecule has 2 aromatic carbocycles. The molecule has 0 radical (unpaired) electrons. The summed E-state index contributed by atoms with van der Waals surface area (Å²) in [6.07, 6.45) is 1.55. The van der Waals surface area contributed by atoms with Crippen LogP contribution < -0.4 is 16.3 Å². The average Bonchev–Trinajstić information content (AvgIpc) is 2.83. The summed E-state index contributed by atoms with van der Waals surface area (Å²) in [5.41, 5.74) is -0.0774. The summed E-state index contributed by atoms with van der Waals surface area (Å²) in [4.78, 5) is 32.8. The molecule has 0 saturated heterocycles. The Balaban J connectivity index is 2.15. The van der Waals surface area contributed by atoms with E-state index < -0.39 is 5.56 Å². The van der Waals surface area contributed by atoms with Crippen LogP contribution in [0.4, 0.5) is 0 Å². The lowest BCUT2D eigenvalue weighted by Crippen LogP contribution is -2.14. The van der Waals surface area contributed by atoms with E-state index in [2.05, 4.69) is 15.0 Å². The fourth-order valence-corrected chi connectivity index (χ4v) is 2.94. The van der Waals surface area contributed by atoms with Gasteiger partial charge >= 0.3 is 0 Å². The molecule has 0 unspecified atom stereocenters. The molecule has 2 heterocycles. The molecular formula is C16H9N3O3S. The Bertz CT molecular complexity index is 1290. The number of aromatic nitrogens is 3. The highest BCUT2D eigenvalue weighted by Crippen LogP contribution is 2.21. The molecule has 3 N–H and O–H groups in total. The van der Waals surface area contributed by atoms with E-state index in [0.29, 0.717) is 16.1 Å². The Morgan fingerprint density at radius 1 is 1.09 bits per heavy atom. The van der Waals surface area contributed by atoms with Gasteiger partial charge in [0.2, 0.25) is 5.88 Å². The van der Waals surface area contributed by atoms with Crippen LogP contribution in [-0.2, 0) is 0 Å². The Hall–Kier alpha value is -3.06. The van der Waals surface area contributed by atoms with Gasteiger partial charge in [0.05, 0.1) is 10.9 Å². The van der Waals surface area contributed by atoms with Gasteiger partial charge in [0.25, 0.3) is 11.1 Å². The topological polar surface area (TPSA) is 98.8 Å². The monoisotopic (exact) mass is 323 g/mol. The second-order valence-corrected chi connectivity index (χ2v) is 5.54. The van der Waals surface area contributed by atoms with Gasteiger partial charge in [0, 0.05) is 5.39 Å². The molecule has 0 aliphatic carbocycles. The molecule has 7 heteroatoms. The highest BCUT2D eigenvalue weighted by molar-refractivity contribution is 7.71. The predicted octanol–water partition coefficient (Wildman–Crippen LogP) is 1.19. The zero-order valence-corrected chi connectivity index (χ0v) is 12.4. The van der Waals surface area contributed by atoms with E-state index in [1.807, 2.05) is 6.07 Å². The van der Waals surface area contributed by atoms with E-state index in [-0.39, 0.29) is 21.8 Å². The van der Waals surface area contributed by atoms with Crippen molar-refractivity contribution in [1.29, 1.82) is 0 Å². The van der Waals surface area contributed by atoms with Crippen LogP contribution in [0.5, 0.6) is 5.88 Å². The highest BCUT2D eigenvalue weighted by Gasteiger charge is 2.10. The van der Waals surface area contributed by atoms with Gasteiger partial charge in [-0.3, -0.25) is 14.6 Å². The molecule has 0 aliphatic rings. The van der Waals surface area contributed by atoms with Crippen LogP contribution in [0.15, 0.2) is 39.9 Å². The van der Waals surface area contributed by atoms with Crippen molar-refractivity contribution in [3.05, 3.63) is 66.6 Å². The van der Waals surface area contributed by atoms with Gasteiger partial charge in [-0.25, -0.2) is 4.98 Å². The molecular weight excluding hydrogens is 314 g/mol. The van der Waals surface area contributed by atoms with Crippen molar-refractivity contribution in [2.24, 2.45) is 0 Å². The largest absolute Gasteiger partial charge is 0.494 e. The third kappa shape index (κ3) is 2.01. The lowest BCUT2D eigenvalue weighted by atomic mass is 10.0. The summed E-state index contributed by atoms with van der Waals surface area (Å²) >= 11 is 4.81. The third-order valence-corrected chi connectivity index (χ3v) is 3.97. The molecule has 6 nitrogen and oxygen atoms in total. The standard InChI is InChI=1S/C16H9N3O3S/c20-13-9-3-1-2-8-7(4-5-11(17-13)12(8)9)6-10-14(21)18-16(23)19-15(10)22/h1-6H,(H3,18,19,21,22,23)/b7-6-. The first-order valence-electron chi connectivity index (χ1n) is 6.77. The number of H-pyrrole nitrogens is 2. The zero-order valence-electron chi connectivity index (χ0n) is 11.6. The van der Waals surface area contributed by atoms with Gasteiger partial charge in [-0.15, -0.1) is 0 Å². The van der Waals surface area contributed by atoms with Crippen molar-refractivity contribution in [3.63, 3.8) is 0 Å². The van der Waals surface area contributed by atoms with Crippen LogP contribution in [0.3, 0.4) is 0 Å². The Morgan fingerprint density at radius 3 is 2.65 bits per heavy atom. The number of aromatic amines is 2. The maximum absolute atomic E-state index is 12.0. The SMILES string of the molecule is O=c1[nH]c(=S)[nH]c(O)c1/C=c1/ccc2nc(=O)c3cccc1c23. The molecule has 0 saturated carbocycles. The normalized spacial score (nSPS) is 12.4. The van der Waals surface area contributed by atoms with Crippen LogP contribution in [0.1, 0.15) is 5.56 Å². The van der Waals surface area contributed by atoms with Crippen molar-refractivity contribution in [2.75, 3.05) is 0 Å². The molecule has 23 heavy (non-hydrogen) atoms. The quantitative estimate of drug-likeness (QED) is 0.457. The van der Waals surface area contributed by atoms with Gasteiger partial charge in [-0.2, -0.15) is 0 Å². The first-order valence-corrected chi connectivity index (χ1v) is 7.17. The minimum absolute atomic E-state index is 0.0504. The van der Waals surface area contributed by atoms with Crippen LogP contribution in [-0.4, -0.2) is 20.1 Å². The smallest absolute Gasteiger partial charge is 0.278 e. The highest BCUT2D eigenvalue weighted by atomic mass is 32.1. The number of benzene rings is 2. The summed E-state index contributed by atoms with van der Waals surface area (Å²) in [6, 6.07) is 8.81. The predicted molar refractivity (Wildman–Crippen MR) is 89.4 cm³/mol. The van der Waals surface area contributed by atoms with Crippen molar-refractivity contribution in [2.45, 2.75) is 0 Å². The first-order chi connectivity index (χ1) is 11.0. The second-order valence-electron chi connectivity index (χ2n) is 5.13. The molecule has 4 aromatic rings. The lowest BCUT2D eigenvalue weighted by molar-refractivity contribution is 0.448. The van der Waals surface area contributed by atoms with Crippen molar-refractivity contribution < 1.29 is 5.11 Å². The van der Waals surface area contributed by atoms with Gasteiger partial charge in [0.15, 0.2) is 4.77 Å². The minimum Gasteiger partial charge on any atom is -0.494 e. The molecule has 0 spiro atoms. The average molecular weight is 323 g/mol. The number of rotatable bonds is 1. The molecule has 0 fully saturated rings. The summed E-state index contributed by atoms with van der Waals surface area (Å²) in [5.74, 6) is -0.303. The molecule has 0 bridgehead atoms. The number of hydrogen-bond acceptors (Lipinski definition) is 5. The number of nitrogens with zero attached hydrogens (tertiary/aromatic N) is 1. The minimum atomic E-state index is -0.490. The van der Waals surface area contributed by atoms with Crippen LogP contribution in [0, 0.1) is 4.77 Å². The van der Waals surface area contributed by atoms with Crippen molar-refractivity contribution in [3.8, 4) is 5.88 Å². The first kappa shape index (κ1) is 13.6. The van der Waals surface area contributed by atoms with E-state index in [9.17, 15) is 14.7 Å². The summed E-state index contributed by atoms with van der Waals surface area (Å²) in [6.45, 7) is 0. The third-order valence-electron chi connectivity index (χ3n) is 3.76. The summed E-state index contributed by atoms with van der Waals surface area (Å²) in [7, 11) is 0. The van der Waals surface area contributed by atoms with Crippen LogP contribution in [0.25, 0.3) is 27.8 Å². The Morgan fingerprint density at radius 2 is 1.87 bits per heavy atom. The van der Waals surface area contributed by atoms with Gasteiger partial charge in [-0.1, -0.05) is 18.2 Å². The zero-order chi connectivity index (χ0) is 16.1. The van der Waals surface area contributed by atoms with E-state index in [1.165, 1.54) is 0 Å². The molecule has 0 aliphatic heterocycles. The summed E-state index contributed by atoms with van der Waals surface area (Å²) < 4.78 is 0.0504. The second kappa shape index (κ2) is 4.72. The molecule has 2 aromatic heterocycles. The number of nitrogens with one attached hydrogen (secondary N) is 2. The Labute approximate surface area is 133 Å². The summed E-state index contributed by atoms with van der Waals surface area (Å²) in [5, 5.41) is 12.7. The van der Waals surface area contributed by atoms with Gasteiger partial charge < -0.3 is 10.1 Å². The molecule has 4 rings (SSSR count). The molecule has 0 atom stereocenters. The van der Waals surface area contributed by atoms with Gasteiger partial charge in [0.1, 0.15) is 5.56 Å². The van der Waals surface area contributed by atoms with E-state index >= 15 is 0 Å². The number of aromatic hydroxyl groups is 1. The van der Waals surface area contributed by atoms with E-state index in [1.54, 1.807) is 30.3 Å². The lowest BCUT2D eigenvalue weighted by Gasteiger charge is -2.01. The number of hydrogen-bond donors (Lipinski definition) is 3. The fourth-order valence-electron chi connectivity index (χ4n) is 2.75. The van der Waals surface area contributed by atoms with Crippen LogP contribution >= 0.6 is 12.2 Å².